The van der Waals surface area contributed by atoms with E-state index >= 15 is 8.78 Å². The van der Waals surface area contributed by atoms with Gasteiger partial charge in [0.2, 0.25) is 18.0 Å². The first-order valence-corrected chi connectivity index (χ1v) is 25.6. The van der Waals surface area contributed by atoms with E-state index in [2.05, 4.69) is 37.3 Å². The molecule has 6 aromatic rings. The summed E-state index contributed by atoms with van der Waals surface area (Å²) >= 11 is 1.71. The lowest BCUT2D eigenvalue weighted by Gasteiger charge is -2.38. The van der Waals surface area contributed by atoms with E-state index in [4.69, 9.17) is 28.9 Å². The molecule has 4 aromatic heterocycles. The lowest BCUT2D eigenvalue weighted by molar-refractivity contribution is -0.141. The van der Waals surface area contributed by atoms with Crippen molar-refractivity contribution >= 4 is 46.2 Å². The lowest BCUT2D eigenvalue weighted by atomic mass is 9.87. The van der Waals surface area contributed by atoms with E-state index in [0.29, 0.717) is 83.9 Å². The number of nitrogens with one attached hydrogen (secondary N) is 4. The zero-order valence-electron chi connectivity index (χ0n) is 40.5. The second kappa shape index (κ2) is 19.0. The number of hydrogen-bond donors (Lipinski definition) is 4. The summed E-state index contributed by atoms with van der Waals surface area (Å²) in [7, 11) is 2.44. The predicted octanol–water partition coefficient (Wildman–Crippen LogP) is 9.06. The molecule has 4 aliphatic heterocycles. The Balaban J connectivity index is 0.898. The van der Waals surface area contributed by atoms with Crippen LogP contribution in [0.3, 0.4) is 0 Å². The number of aromatic nitrogens is 5. The number of carbonyl (C=O) groups is 4. The zero-order chi connectivity index (χ0) is 50.0. The molecule has 17 nitrogen and oxygen atoms in total. The van der Waals surface area contributed by atoms with Crippen LogP contribution in [-0.2, 0) is 23.8 Å². The summed E-state index contributed by atoms with van der Waals surface area (Å²) < 4.78 is 57.3. The zero-order valence-corrected chi connectivity index (χ0v) is 41.3. The number of benzene rings is 2. The van der Waals surface area contributed by atoms with Gasteiger partial charge >= 0.3 is 12.2 Å². The number of halogens is 2. The summed E-state index contributed by atoms with van der Waals surface area (Å²) in [4.78, 5) is 74.5. The summed E-state index contributed by atoms with van der Waals surface area (Å²) in [5.74, 6) is 0.593. The van der Waals surface area contributed by atoms with Gasteiger partial charge in [-0.2, -0.15) is 0 Å². The highest BCUT2D eigenvalue weighted by atomic mass is 32.1. The summed E-state index contributed by atoms with van der Waals surface area (Å²) in [6.45, 7) is 4.87. The third-order valence-corrected chi connectivity index (χ3v) is 16.2. The minimum Gasteiger partial charge on any atom is -0.464 e. The molecule has 5 aliphatic rings. The fraction of sp³-hybridized carbons (Fsp3) is 0.462. The molecule has 20 heteroatoms. The van der Waals surface area contributed by atoms with E-state index in [1.165, 1.54) is 25.2 Å². The molecule has 0 spiro atoms. The number of fused-ring (bicyclic) bond motifs is 5. The SMILES string of the molecule is COC(=O)NC(C(=O)N1CCC[C@H]1c1ncc(-c2ccc3c(c2)cc2n3C(c3ccc(C4CC4)s3)Oc3cc(-c4cnc([C@@H]5CCCN5C(=O)[C@@H](NC(=O)OC)C(C)C)[nH]4)cc(F)c3-2)[nH]1)C1(F)CCOCC1. The monoisotopic (exact) mass is 1010 g/mol. The molecule has 0 radical (unpaired) electrons. The normalized spacial score (nSPS) is 21.2. The van der Waals surface area contributed by atoms with E-state index in [1.54, 1.807) is 33.5 Å². The first-order chi connectivity index (χ1) is 34.8. The summed E-state index contributed by atoms with van der Waals surface area (Å²) in [5.41, 5.74) is 2.42. The number of methoxy groups -OCH3 is 2. The highest BCUT2D eigenvalue weighted by Crippen LogP contribution is 2.50. The first-order valence-electron chi connectivity index (χ1n) is 24.7. The van der Waals surface area contributed by atoms with Crippen LogP contribution in [0.25, 0.3) is 44.7 Å². The van der Waals surface area contributed by atoms with Crippen LogP contribution < -0.4 is 15.4 Å². The average Bonchev–Trinajstić information content (AvgIpc) is 4.11. The van der Waals surface area contributed by atoms with Gasteiger partial charge in [0.25, 0.3) is 0 Å². The van der Waals surface area contributed by atoms with Gasteiger partial charge in [0.15, 0.2) is 0 Å². The standard InChI is InChI=1S/C52H57F2N9O8S/c1-27(2)43(59-50(66)68-3)47(64)61-17-5-7-36(61)45-56-26-34(58-45)30-22-32(53)42-38-23-31-21-29(11-12-35(31)63(38)49(71-39(42)24-30)41-14-13-40(72-41)28-9-10-28)33-25-55-46(57-33)37-8-6-18-62(37)48(65)44(60-51(67)69-4)52(54)15-19-70-20-16-52/h11-14,21-28,36-37,43-44,49H,5-10,15-20H2,1-4H3,(H,55,57)(H,56,58)(H,59,66)(H,60,67)/t36-,37-,43-,44?,49?/m0/s1. The number of alkyl carbamates (subject to hydrolysis) is 2. The molecule has 72 heavy (non-hydrogen) atoms. The Hall–Kier alpha value is -6.80. The fourth-order valence-corrected chi connectivity index (χ4v) is 12.1. The number of amides is 4. The molecule has 8 heterocycles. The number of nitrogens with zero attached hydrogens (tertiary/aromatic N) is 5. The highest BCUT2D eigenvalue weighted by molar-refractivity contribution is 7.12. The molecule has 5 atom stereocenters. The number of H-pyrrole nitrogens is 2. The van der Waals surface area contributed by atoms with Gasteiger partial charge < -0.3 is 49.3 Å². The van der Waals surface area contributed by atoms with Crippen LogP contribution in [0.5, 0.6) is 5.75 Å². The molecule has 1 saturated carbocycles. The Labute approximate surface area is 417 Å². The van der Waals surface area contributed by atoms with Gasteiger partial charge in [-0.15, -0.1) is 11.3 Å². The number of ether oxygens (including phenoxy) is 4. The van der Waals surface area contributed by atoms with Crippen LogP contribution in [-0.4, -0.2) is 117 Å². The third kappa shape index (κ3) is 8.64. The number of thiophene rings is 1. The molecule has 1 aliphatic carbocycles. The van der Waals surface area contributed by atoms with Gasteiger partial charge in [-0.1, -0.05) is 19.9 Å². The van der Waals surface area contributed by atoms with Crippen LogP contribution in [0, 0.1) is 11.7 Å². The molecule has 4 N–H and O–H groups in total. The minimum absolute atomic E-state index is 0.0406. The maximum Gasteiger partial charge on any atom is 0.407 e. The topological polar surface area (TPSA) is 198 Å². The van der Waals surface area contributed by atoms with Crippen molar-refractivity contribution in [1.82, 2.24) is 44.9 Å². The van der Waals surface area contributed by atoms with Gasteiger partial charge in [-0.05, 0) is 92.8 Å². The van der Waals surface area contributed by atoms with Crippen molar-refractivity contribution in [3.63, 3.8) is 0 Å². The number of likely N-dealkylation sites (tertiary alicyclic amines) is 2. The molecule has 378 valence electrons. The van der Waals surface area contributed by atoms with Crippen molar-refractivity contribution in [2.24, 2.45) is 5.92 Å². The molecule has 2 unspecified atom stereocenters. The Morgan fingerprint density at radius 3 is 2.10 bits per heavy atom. The number of carbonyl (C=O) groups excluding carboxylic acids is 4. The van der Waals surface area contributed by atoms with Crippen molar-refractivity contribution in [2.45, 2.75) is 107 Å². The Bertz CT molecular complexity index is 3060. The van der Waals surface area contributed by atoms with Gasteiger partial charge in [-0.3, -0.25) is 14.2 Å². The average molecular weight is 1010 g/mol. The minimum atomic E-state index is -2.01. The Morgan fingerprint density at radius 2 is 1.44 bits per heavy atom. The molecule has 4 amide bonds. The second-order valence-corrected chi connectivity index (χ2v) is 21.0. The first kappa shape index (κ1) is 47.5. The number of rotatable bonds is 12. The van der Waals surface area contributed by atoms with Gasteiger partial charge in [0.05, 0.1) is 71.7 Å². The van der Waals surface area contributed by atoms with E-state index in [1.807, 2.05) is 44.2 Å². The van der Waals surface area contributed by atoms with Crippen molar-refractivity contribution in [1.29, 1.82) is 0 Å². The molecule has 4 fully saturated rings. The smallest absolute Gasteiger partial charge is 0.407 e. The molecular formula is C52H57F2N9O8S. The van der Waals surface area contributed by atoms with Crippen LogP contribution in [0.4, 0.5) is 18.4 Å². The Kier molecular flexibility index (Phi) is 12.5. The highest BCUT2D eigenvalue weighted by Gasteiger charge is 2.49. The van der Waals surface area contributed by atoms with E-state index in [0.717, 1.165) is 40.6 Å². The van der Waals surface area contributed by atoms with E-state index in [-0.39, 0.29) is 43.9 Å². The number of hydrogen-bond acceptors (Lipinski definition) is 11. The second-order valence-electron chi connectivity index (χ2n) is 19.8. The van der Waals surface area contributed by atoms with E-state index in [9.17, 15) is 19.2 Å². The van der Waals surface area contributed by atoms with Crippen molar-refractivity contribution in [3.8, 4) is 39.5 Å². The molecule has 2 aromatic carbocycles. The van der Waals surface area contributed by atoms with E-state index < -0.39 is 53.9 Å². The van der Waals surface area contributed by atoms with Crippen LogP contribution in [0.15, 0.2) is 60.9 Å². The van der Waals surface area contributed by atoms with Crippen LogP contribution in [0.2, 0.25) is 0 Å². The third-order valence-electron chi connectivity index (χ3n) is 14.9. The fourth-order valence-electron chi connectivity index (χ4n) is 10.9. The number of alkyl halides is 1. The van der Waals surface area contributed by atoms with Gasteiger partial charge in [0, 0.05) is 60.5 Å². The van der Waals surface area contributed by atoms with Crippen molar-refractivity contribution in [2.75, 3.05) is 40.5 Å². The van der Waals surface area contributed by atoms with Crippen molar-refractivity contribution < 1.29 is 46.9 Å². The largest absolute Gasteiger partial charge is 0.464 e. The Morgan fingerprint density at radius 1 is 0.806 bits per heavy atom. The summed E-state index contributed by atoms with van der Waals surface area (Å²) in [6, 6.07) is 12.5. The number of imidazole rings is 2. The van der Waals surface area contributed by atoms with Gasteiger partial charge in [-0.25, -0.2) is 28.3 Å². The van der Waals surface area contributed by atoms with Crippen molar-refractivity contribution in [3.05, 3.63) is 88.1 Å². The molecular weight excluding hydrogens is 949 g/mol. The number of aromatic amines is 2. The quantitative estimate of drug-likeness (QED) is 0.0918. The lowest BCUT2D eigenvalue weighted by Crippen LogP contribution is -2.60. The summed E-state index contributed by atoms with van der Waals surface area (Å²) in [6.07, 6.45) is 6.10. The van der Waals surface area contributed by atoms with Crippen LogP contribution >= 0.6 is 11.3 Å². The summed E-state index contributed by atoms with van der Waals surface area (Å²) in [5, 5.41) is 6.02. The molecule has 0 bridgehead atoms. The predicted molar refractivity (Wildman–Crippen MR) is 262 cm³/mol. The maximum atomic E-state index is 17.0. The molecule has 3 saturated heterocycles. The van der Waals surface area contributed by atoms with Crippen LogP contribution in [0.1, 0.15) is 111 Å². The molecule has 11 rings (SSSR count). The van der Waals surface area contributed by atoms with Gasteiger partial charge in [0.1, 0.15) is 41.0 Å². The maximum absolute atomic E-state index is 17.0.